The van der Waals surface area contributed by atoms with Crippen LogP contribution in [-0.2, 0) is 14.1 Å². The molecular formula is C19H21N2+. The van der Waals surface area contributed by atoms with Crippen molar-refractivity contribution in [2.24, 2.45) is 14.1 Å². The first-order chi connectivity index (χ1) is 10.1. The molecule has 0 spiro atoms. The fourth-order valence-corrected chi connectivity index (χ4v) is 2.63. The Balaban J connectivity index is 2.11. The summed E-state index contributed by atoms with van der Waals surface area (Å²) in [5.41, 5.74) is 7.53. The molecule has 3 aromatic rings. The van der Waals surface area contributed by atoms with Crippen LogP contribution in [0, 0.1) is 13.8 Å². The van der Waals surface area contributed by atoms with Gasteiger partial charge in [0.25, 0.3) is 0 Å². The molecule has 21 heavy (non-hydrogen) atoms. The predicted molar refractivity (Wildman–Crippen MR) is 86.9 cm³/mol. The highest BCUT2D eigenvalue weighted by Crippen LogP contribution is 2.24. The van der Waals surface area contributed by atoms with Crippen LogP contribution in [0.15, 0.2) is 54.6 Å². The molecule has 1 aromatic heterocycles. The number of hydrogen-bond donors (Lipinski definition) is 0. The van der Waals surface area contributed by atoms with Gasteiger partial charge >= 0.3 is 0 Å². The number of benzene rings is 2. The highest BCUT2D eigenvalue weighted by Gasteiger charge is 2.19. The van der Waals surface area contributed by atoms with Crippen molar-refractivity contribution >= 4 is 0 Å². The maximum absolute atomic E-state index is 2.26. The zero-order valence-electron chi connectivity index (χ0n) is 13.1. The summed E-state index contributed by atoms with van der Waals surface area (Å²) in [6, 6.07) is 19.6. The van der Waals surface area contributed by atoms with Gasteiger partial charge in [-0.05, 0) is 26.0 Å². The van der Waals surface area contributed by atoms with Crippen molar-refractivity contribution in [1.82, 2.24) is 4.68 Å². The number of aryl methyl sites for hydroxylation is 2. The molecule has 106 valence electrons. The molecule has 0 aliphatic rings. The van der Waals surface area contributed by atoms with E-state index in [0.29, 0.717) is 0 Å². The van der Waals surface area contributed by atoms with Gasteiger partial charge in [-0.3, -0.25) is 0 Å². The van der Waals surface area contributed by atoms with Gasteiger partial charge in [-0.25, -0.2) is 0 Å². The molecule has 0 unspecified atom stereocenters. The second-order valence-corrected chi connectivity index (χ2v) is 5.69. The van der Waals surface area contributed by atoms with Gasteiger partial charge in [0, 0.05) is 17.2 Å². The van der Waals surface area contributed by atoms with Crippen LogP contribution >= 0.6 is 0 Å². The molecule has 0 fully saturated rings. The Hall–Kier alpha value is -2.35. The van der Waals surface area contributed by atoms with Crippen molar-refractivity contribution in [3.8, 4) is 22.5 Å². The summed E-state index contributed by atoms with van der Waals surface area (Å²) in [5.74, 6) is 0. The molecule has 0 saturated heterocycles. The van der Waals surface area contributed by atoms with E-state index in [1.165, 1.54) is 33.6 Å². The molecular weight excluding hydrogens is 256 g/mol. The molecule has 1 heterocycles. The number of hydrogen-bond acceptors (Lipinski definition) is 0. The molecule has 2 nitrogen and oxygen atoms in total. The lowest BCUT2D eigenvalue weighted by Crippen LogP contribution is -2.39. The van der Waals surface area contributed by atoms with Crippen LogP contribution in [0.2, 0.25) is 0 Å². The summed E-state index contributed by atoms with van der Waals surface area (Å²) in [6.07, 6.45) is 0. The topological polar surface area (TPSA) is 8.81 Å². The van der Waals surface area contributed by atoms with Crippen molar-refractivity contribution < 1.29 is 4.68 Å². The molecule has 0 amide bonds. The van der Waals surface area contributed by atoms with Crippen LogP contribution in [0.25, 0.3) is 22.5 Å². The third-order valence-electron chi connectivity index (χ3n) is 4.12. The highest BCUT2D eigenvalue weighted by atomic mass is 15.4. The van der Waals surface area contributed by atoms with E-state index in [9.17, 15) is 0 Å². The maximum atomic E-state index is 2.26. The van der Waals surface area contributed by atoms with Crippen molar-refractivity contribution in [3.05, 3.63) is 65.7 Å². The Morgan fingerprint density at radius 3 is 1.76 bits per heavy atom. The molecule has 0 radical (unpaired) electrons. The van der Waals surface area contributed by atoms with Gasteiger partial charge in [-0.15, -0.1) is 4.68 Å². The summed E-state index contributed by atoms with van der Waals surface area (Å²) in [7, 11) is 4.21. The van der Waals surface area contributed by atoms with E-state index in [-0.39, 0.29) is 0 Å². The minimum absolute atomic E-state index is 1.23. The van der Waals surface area contributed by atoms with Gasteiger partial charge in [-0.1, -0.05) is 47.5 Å². The second-order valence-electron chi connectivity index (χ2n) is 5.69. The number of rotatable bonds is 2. The molecule has 0 aliphatic heterocycles. The lowest BCUT2D eigenvalue weighted by Gasteiger charge is -2.00. The Morgan fingerprint density at radius 1 is 0.762 bits per heavy atom. The normalized spacial score (nSPS) is 10.9. The lowest BCUT2D eigenvalue weighted by atomic mass is 10.1. The molecule has 3 rings (SSSR count). The Bertz CT molecular complexity index is 697. The summed E-state index contributed by atoms with van der Waals surface area (Å²) in [4.78, 5) is 0. The summed E-state index contributed by atoms with van der Waals surface area (Å²) < 4.78 is 4.39. The van der Waals surface area contributed by atoms with Crippen molar-refractivity contribution in [1.29, 1.82) is 0 Å². The molecule has 0 atom stereocenters. The standard InChI is InChI=1S/C19H21N2/c1-14-5-9-16(10-6-14)18-13-19(21(4)20(18)3)17-11-7-15(2)8-12-17/h5-13H,1-4H3/q+1. The van der Waals surface area contributed by atoms with Crippen LogP contribution in [0.1, 0.15) is 11.1 Å². The Labute approximate surface area is 126 Å². The van der Waals surface area contributed by atoms with Crippen molar-refractivity contribution in [2.75, 3.05) is 0 Å². The largest absolute Gasteiger partial charge is 0.238 e. The van der Waals surface area contributed by atoms with E-state index in [4.69, 9.17) is 0 Å². The average molecular weight is 277 g/mol. The zero-order chi connectivity index (χ0) is 15.0. The smallest absolute Gasteiger partial charge is 0.156 e. The van der Waals surface area contributed by atoms with Crippen LogP contribution in [0.3, 0.4) is 0 Å². The van der Waals surface area contributed by atoms with E-state index in [1.807, 2.05) is 0 Å². The van der Waals surface area contributed by atoms with Gasteiger partial charge in [0.1, 0.15) is 5.69 Å². The quantitative estimate of drug-likeness (QED) is 0.630. The van der Waals surface area contributed by atoms with Gasteiger partial charge in [-0.2, -0.15) is 4.68 Å². The fourth-order valence-electron chi connectivity index (χ4n) is 2.63. The highest BCUT2D eigenvalue weighted by molar-refractivity contribution is 5.66. The van der Waals surface area contributed by atoms with Crippen molar-refractivity contribution in [2.45, 2.75) is 13.8 Å². The van der Waals surface area contributed by atoms with Gasteiger partial charge < -0.3 is 0 Å². The summed E-state index contributed by atoms with van der Waals surface area (Å²) >= 11 is 0. The van der Waals surface area contributed by atoms with E-state index in [0.717, 1.165) is 0 Å². The minimum atomic E-state index is 1.23. The molecule has 2 heteroatoms. The third-order valence-corrected chi connectivity index (χ3v) is 4.12. The second kappa shape index (κ2) is 5.21. The first-order valence-corrected chi connectivity index (χ1v) is 7.26. The SMILES string of the molecule is Cc1ccc(-c2cc(-c3ccc(C)cc3)[n+](C)n2C)cc1. The van der Waals surface area contributed by atoms with Crippen LogP contribution in [-0.4, -0.2) is 4.68 Å². The van der Waals surface area contributed by atoms with E-state index in [1.54, 1.807) is 0 Å². The zero-order valence-corrected chi connectivity index (χ0v) is 13.1. The van der Waals surface area contributed by atoms with Gasteiger partial charge in [0.2, 0.25) is 5.69 Å². The predicted octanol–water partition coefficient (Wildman–Crippen LogP) is 3.80. The van der Waals surface area contributed by atoms with Crippen LogP contribution in [0.4, 0.5) is 0 Å². The molecule has 0 N–H and O–H groups in total. The third kappa shape index (κ3) is 2.49. The monoisotopic (exact) mass is 277 g/mol. The van der Waals surface area contributed by atoms with Crippen molar-refractivity contribution in [3.63, 3.8) is 0 Å². The van der Waals surface area contributed by atoms with E-state index < -0.39 is 0 Å². The number of nitrogens with zero attached hydrogens (tertiary/aromatic N) is 2. The first-order valence-electron chi connectivity index (χ1n) is 7.26. The van der Waals surface area contributed by atoms with E-state index in [2.05, 4.69) is 91.9 Å². The maximum Gasteiger partial charge on any atom is 0.238 e. The lowest BCUT2D eigenvalue weighted by molar-refractivity contribution is -0.740. The van der Waals surface area contributed by atoms with Gasteiger partial charge in [0.15, 0.2) is 7.05 Å². The van der Waals surface area contributed by atoms with Crippen LogP contribution < -0.4 is 4.68 Å². The summed E-state index contributed by atoms with van der Waals surface area (Å²) in [5, 5.41) is 0. The van der Waals surface area contributed by atoms with Crippen LogP contribution in [0.5, 0.6) is 0 Å². The van der Waals surface area contributed by atoms with Gasteiger partial charge in [0.05, 0.1) is 7.05 Å². The molecule has 2 aromatic carbocycles. The molecule has 0 aliphatic carbocycles. The molecule has 0 bridgehead atoms. The average Bonchev–Trinajstić information content (AvgIpc) is 2.78. The summed E-state index contributed by atoms with van der Waals surface area (Å²) in [6.45, 7) is 4.24. The van der Waals surface area contributed by atoms with E-state index >= 15 is 0 Å². The fraction of sp³-hybridized carbons (Fsp3) is 0.211. The molecule has 0 saturated carbocycles. The first kappa shape index (κ1) is 13.6. The minimum Gasteiger partial charge on any atom is -0.156 e. The Morgan fingerprint density at radius 2 is 1.24 bits per heavy atom. The Kier molecular flexibility index (Phi) is 3.38. The number of aromatic nitrogens is 2.